The first-order valence-corrected chi connectivity index (χ1v) is 9.36. The zero-order valence-corrected chi connectivity index (χ0v) is 15.1. The van der Waals surface area contributed by atoms with E-state index in [-0.39, 0.29) is 12.6 Å². The molecule has 0 heterocycles. The van der Waals surface area contributed by atoms with Crippen molar-refractivity contribution in [3.8, 4) is 0 Å². The topological polar surface area (TPSA) is 110 Å². The molecule has 0 radical (unpaired) electrons. The third-order valence-electron chi connectivity index (χ3n) is 3.76. The van der Waals surface area contributed by atoms with Crippen LogP contribution < -0.4 is 11.5 Å². The van der Waals surface area contributed by atoms with Crippen LogP contribution in [0.3, 0.4) is 0 Å². The van der Waals surface area contributed by atoms with E-state index in [0.717, 1.165) is 38.5 Å². The molecule has 140 valence electrons. The number of aliphatic hydroxyl groups excluding tert-OH is 1. The SMILES string of the molecule is CCCCCCCCCCC(=O)O.NCCCC(N)CCCO. The number of aliphatic carboxylic acids is 1. The van der Waals surface area contributed by atoms with Crippen LogP contribution in [0.1, 0.15) is 90.4 Å². The van der Waals surface area contributed by atoms with Crippen LogP contribution in [0.4, 0.5) is 0 Å². The second-order valence-corrected chi connectivity index (χ2v) is 6.18. The number of carbonyl (C=O) groups is 1. The van der Waals surface area contributed by atoms with Gasteiger partial charge in [0.2, 0.25) is 0 Å². The summed E-state index contributed by atoms with van der Waals surface area (Å²) >= 11 is 0. The Balaban J connectivity index is 0. The van der Waals surface area contributed by atoms with E-state index in [2.05, 4.69) is 6.92 Å². The molecule has 0 fully saturated rings. The highest BCUT2D eigenvalue weighted by atomic mass is 16.4. The average molecular weight is 333 g/mol. The summed E-state index contributed by atoms with van der Waals surface area (Å²) in [5.41, 5.74) is 11.0. The normalized spacial score (nSPS) is 11.7. The van der Waals surface area contributed by atoms with Crippen molar-refractivity contribution in [1.82, 2.24) is 0 Å². The number of unbranched alkanes of at least 4 members (excludes halogenated alkanes) is 7. The predicted octanol–water partition coefficient (Wildman–Crippen LogP) is 3.43. The van der Waals surface area contributed by atoms with Crippen molar-refractivity contribution in [2.75, 3.05) is 13.2 Å². The second-order valence-electron chi connectivity index (χ2n) is 6.18. The van der Waals surface area contributed by atoms with Crippen molar-refractivity contribution >= 4 is 5.97 Å². The van der Waals surface area contributed by atoms with Crippen molar-refractivity contribution in [3.05, 3.63) is 0 Å². The van der Waals surface area contributed by atoms with Crippen LogP contribution in [0.25, 0.3) is 0 Å². The number of hydrogen-bond acceptors (Lipinski definition) is 4. The maximum atomic E-state index is 10.2. The molecule has 23 heavy (non-hydrogen) atoms. The van der Waals surface area contributed by atoms with Gasteiger partial charge in [0.25, 0.3) is 0 Å². The average Bonchev–Trinajstić information content (AvgIpc) is 2.53. The molecule has 0 spiro atoms. The minimum atomic E-state index is -0.661. The van der Waals surface area contributed by atoms with Crippen molar-refractivity contribution < 1.29 is 15.0 Å². The van der Waals surface area contributed by atoms with Crippen LogP contribution in [-0.2, 0) is 4.79 Å². The molecule has 0 saturated heterocycles. The molecule has 6 N–H and O–H groups in total. The molecule has 0 rings (SSSR count). The quantitative estimate of drug-likeness (QED) is 0.343. The summed E-state index contributed by atoms with van der Waals surface area (Å²) in [6, 6.07) is 0.232. The van der Waals surface area contributed by atoms with Crippen LogP contribution in [0, 0.1) is 0 Å². The molecule has 5 nitrogen and oxygen atoms in total. The van der Waals surface area contributed by atoms with E-state index in [1.54, 1.807) is 0 Å². The van der Waals surface area contributed by atoms with E-state index < -0.39 is 5.97 Å². The molecule has 0 aromatic heterocycles. The number of hydrogen-bond donors (Lipinski definition) is 4. The standard InChI is InChI=1S/C11H22O2.C7H18N2O/c1-2-3-4-5-6-7-8-9-10-11(12)13;8-5-1-3-7(9)4-2-6-10/h2-10H2,1H3,(H,12,13);7,10H,1-6,8-9H2. The van der Waals surface area contributed by atoms with Crippen molar-refractivity contribution in [2.24, 2.45) is 11.5 Å². The summed E-state index contributed by atoms with van der Waals surface area (Å²) in [5.74, 6) is -0.661. The Bertz CT molecular complexity index is 230. The van der Waals surface area contributed by atoms with Crippen LogP contribution in [0.2, 0.25) is 0 Å². The van der Waals surface area contributed by atoms with Crippen molar-refractivity contribution in [3.63, 3.8) is 0 Å². The molecule has 0 saturated carbocycles. The van der Waals surface area contributed by atoms with E-state index in [9.17, 15) is 4.79 Å². The van der Waals surface area contributed by atoms with Gasteiger partial charge in [-0.2, -0.15) is 0 Å². The van der Waals surface area contributed by atoms with E-state index >= 15 is 0 Å². The molecular formula is C18H40N2O3. The van der Waals surface area contributed by atoms with E-state index in [0.29, 0.717) is 13.0 Å². The number of aliphatic hydroxyl groups is 1. The maximum absolute atomic E-state index is 10.2. The Labute approximate surface area is 142 Å². The molecule has 0 aliphatic carbocycles. The molecule has 0 amide bonds. The van der Waals surface area contributed by atoms with Crippen molar-refractivity contribution in [1.29, 1.82) is 0 Å². The van der Waals surface area contributed by atoms with Gasteiger partial charge in [-0.1, -0.05) is 51.9 Å². The summed E-state index contributed by atoms with van der Waals surface area (Å²) in [6.45, 7) is 3.18. The van der Waals surface area contributed by atoms with Crippen LogP contribution in [0.5, 0.6) is 0 Å². The van der Waals surface area contributed by atoms with E-state index in [1.807, 2.05) is 0 Å². The van der Waals surface area contributed by atoms with Crippen LogP contribution in [-0.4, -0.2) is 35.4 Å². The molecule has 0 aliphatic heterocycles. The molecule has 0 bridgehead atoms. The van der Waals surface area contributed by atoms with Crippen LogP contribution >= 0.6 is 0 Å². The Morgan fingerprint density at radius 2 is 1.43 bits per heavy atom. The lowest BCUT2D eigenvalue weighted by atomic mass is 10.1. The van der Waals surface area contributed by atoms with Crippen LogP contribution in [0.15, 0.2) is 0 Å². The van der Waals surface area contributed by atoms with Gasteiger partial charge in [-0.25, -0.2) is 0 Å². The summed E-state index contributed by atoms with van der Waals surface area (Å²) in [7, 11) is 0. The molecular weight excluding hydrogens is 292 g/mol. The second kappa shape index (κ2) is 21.4. The molecule has 1 atom stereocenters. The summed E-state index contributed by atoms with van der Waals surface area (Å²) in [4.78, 5) is 10.2. The van der Waals surface area contributed by atoms with Gasteiger partial charge in [-0.15, -0.1) is 0 Å². The Hall–Kier alpha value is -0.650. The molecule has 1 unspecified atom stereocenters. The highest BCUT2D eigenvalue weighted by Crippen LogP contribution is 2.09. The summed E-state index contributed by atoms with van der Waals surface area (Å²) in [6.07, 6.45) is 13.8. The Kier molecular flexibility index (Phi) is 22.8. The predicted molar refractivity (Wildman–Crippen MR) is 97.4 cm³/mol. The largest absolute Gasteiger partial charge is 0.481 e. The van der Waals surface area contributed by atoms with E-state index in [4.69, 9.17) is 21.7 Å². The maximum Gasteiger partial charge on any atom is 0.303 e. The van der Waals surface area contributed by atoms with Gasteiger partial charge >= 0.3 is 5.97 Å². The monoisotopic (exact) mass is 332 g/mol. The first-order valence-electron chi connectivity index (χ1n) is 9.36. The van der Waals surface area contributed by atoms with Crippen molar-refractivity contribution in [2.45, 2.75) is 96.4 Å². The van der Waals surface area contributed by atoms with Gasteiger partial charge in [0.1, 0.15) is 0 Å². The Morgan fingerprint density at radius 3 is 1.91 bits per heavy atom. The van der Waals surface area contributed by atoms with Gasteiger partial charge in [0.15, 0.2) is 0 Å². The minimum Gasteiger partial charge on any atom is -0.481 e. The zero-order valence-electron chi connectivity index (χ0n) is 15.1. The third kappa shape index (κ3) is 26.6. The number of carboxylic acid groups (broad SMARTS) is 1. The lowest BCUT2D eigenvalue weighted by Gasteiger charge is -2.08. The lowest BCUT2D eigenvalue weighted by Crippen LogP contribution is -2.21. The molecule has 0 aromatic rings. The first kappa shape index (κ1) is 24.6. The highest BCUT2D eigenvalue weighted by molar-refractivity contribution is 5.66. The number of carboxylic acids is 1. The third-order valence-corrected chi connectivity index (χ3v) is 3.76. The highest BCUT2D eigenvalue weighted by Gasteiger charge is 1.99. The number of rotatable bonds is 15. The van der Waals surface area contributed by atoms with E-state index in [1.165, 1.54) is 38.5 Å². The molecule has 0 aliphatic rings. The fourth-order valence-electron chi connectivity index (χ4n) is 2.29. The molecule has 5 heteroatoms. The first-order chi connectivity index (χ1) is 11.1. The van der Waals surface area contributed by atoms with Gasteiger partial charge in [0, 0.05) is 19.1 Å². The molecule has 0 aromatic carbocycles. The zero-order chi connectivity index (χ0) is 17.8. The minimum absolute atomic E-state index is 0.232. The van der Waals surface area contributed by atoms with Gasteiger partial charge < -0.3 is 21.7 Å². The van der Waals surface area contributed by atoms with Gasteiger partial charge in [-0.05, 0) is 38.6 Å². The Morgan fingerprint density at radius 1 is 0.913 bits per heavy atom. The summed E-state index contributed by atoms with van der Waals surface area (Å²) < 4.78 is 0. The van der Waals surface area contributed by atoms with Gasteiger partial charge in [0.05, 0.1) is 0 Å². The fourth-order valence-corrected chi connectivity index (χ4v) is 2.29. The lowest BCUT2D eigenvalue weighted by molar-refractivity contribution is -0.137. The summed E-state index contributed by atoms with van der Waals surface area (Å²) in [5, 5.41) is 16.8. The smallest absolute Gasteiger partial charge is 0.303 e. The number of nitrogens with two attached hydrogens (primary N) is 2. The fraction of sp³-hybridized carbons (Fsp3) is 0.944. The van der Waals surface area contributed by atoms with Gasteiger partial charge in [-0.3, -0.25) is 4.79 Å².